The fraction of sp³-hybridized carbons (Fsp3) is 0.562. The number of hydrogen-bond acceptors (Lipinski definition) is 5. The molecule has 1 aliphatic carbocycles. The summed E-state index contributed by atoms with van der Waals surface area (Å²) in [7, 11) is 0. The highest BCUT2D eigenvalue weighted by Gasteiger charge is 2.27. The maximum atomic E-state index is 11.2. The Labute approximate surface area is 134 Å². The number of rotatable bonds is 4. The van der Waals surface area contributed by atoms with Crippen molar-refractivity contribution in [2.45, 2.75) is 44.7 Å². The number of oxazole rings is 1. The Morgan fingerprint density at radius 3 is 3.04 bits per heavy atom. The summed E-state index contributed by atoms with van der Waals surface area (Å²) in [5.41, 5.74) is 6.89. The highest BCUT2D eigenvalue weighted by Crippen LogP contribution is 2.25. The first kappa shape index (κ1) is 14.4. The number of carbonyl (C=O) groups is 1. The van der Waals surface area contributed by atoms with Crippen LogP contribution in [0.3, 0.4) is 0 Å². The molecule has 0 bridgehead atoms. The van der Waals surface area contributed by atoms with Crippen molar-refractivity contribution in [2.75, 3.05) is 13.1 Å². The van der Waals surface area contributed by atoms with Crippen LogP contribution in [-0.4, -0.2) is 38.7 Å². The van der Waals surface area contributed by atoms with E-state index in [9.17, 15) is 4.79 Å². The quantitative estimate of drug-likeness (QED) is 0.918. The Kier molecular flexibility index (Phi) is 3.65. The van der Waals surface area contributed by atoms with Crippen molar-refractivity contribution >= 4 is 5.91 Å². The molecule has 1 fully saturated rings. The standard InChI is InChI=1S/C16H21N5O2/c17-16(22)11-7-18-21(8-11)12-5-6-20(9-12)10-15-19-13-3-1-2-4-14(13)23-15/h7-8,12H,1-6,9-10H2,(H2,17,22). The molecule has 4 rings (SSSR count). The van der Waals surface area contributed by atoms with Crippen LogP contribution in [0.15, 0.2) is 16.8 Å². The van der Waals surface area contributed by atoms with Crippen LogP contribution in [-0.2, 0) is 19.4 Å². The molecule has 3 heterocycles. The highest BCUT2D eigenvalue weighted by atomic mass is 16.4. The van der Waals surface area contributed by atoms with Crippen molar-refractivity contribution in [3.63, 3.8) is 0 Å². The summed E-state index contributed by atoms with van der Waals surface area (Å²) in [5, 5.41) is 4.26. The van der Waals surface area contributed by atoms with Gasteiger partial charge in [-0.1, -0.05) is 0 Å². The minimum absolute atomic E-state index is 0.271. The van der Waals surface area contributed by atoms with Crippen LogP contribution in [0.5, 0.6) is 0 Å². The van der Waals surface area contributed by atoms with Crippen molar-refractivity contribution in [3.8, 4) is 0 Å². The van der Waals surface area contributed by atoms with E-state index in [0.29, 0.717) is 5.56 Å². The van der Waals surface area contributed by atoms with Crippen molar-refractivity contribution in [1.82, 2.24) is 19.7 Å². The molecule has 0 radical (unpaired) electrons. The fourth-order valence-electron chi connectivity index (χ4n) is 3.50. The van der Waals surface area contributed by atoms with Gasteiger partial charge >= 0.3 is 0 Å². The Hall–Kier alpha value is -2.15. The lowest BCUT2D eigenvalue weighted by Gasteiger charge is -2.14. The molecular weight excluding hydrogens is 294 g/mol. The molecule has 7 nitrogen and oxygen atoms in total. The number of nitrogens with zero attached hydrogens (tertiary/aromatic N) is 4. The summed E-state index contributed by atoms with van der Waals surface area (Å²) in [6.07, 6.45) is 8.76. The van der Waals surface area contributed by atoms with Gasteiger partial charge in [0.15, 0.2) is 0 Å². The Bertz CT molecular complexity index is 696. The number of nitrogens with two attached hydrogens (primary N) is 1. The van der Waals surface area contributed by atoms with E-state index >= 15 is 0 Å². The number of hydrogen-bond donors (Lipinski definition) is 1. The van der Waals surface area contributed by atoms with E-state index in [0.717, 1.165) is 56.2 Å². The molecular formula is C16H21N5O2. The molecule has 0 aromatic carbocycles. The van der Waals surface area contributed by atoms with E-state index < -0.39 is 5.91 Å². The number of aromatic nitrogens is 3. The van der Waals surface area contributed by atoms with Crippen LogP contribution in [0.4, 0.5) is 0 Å². The second-order valence-electron chi connectivity index (χ2n) is 6.44. The summed E-state index contributed by atoms with van der Waals surface area (Å²) < 4.78 is 7.76. The van der Waals surface area contributed by atoms with Gasteiger partial charge in [0.05, 0.1) is 30.0 Å². The molecule has 0 saturated carbocycles. The Morgan fingerprint density at radius 1 is 1.39 bits per heavy atom. The highest BCUT2D eigenvalue weighted by molar-refractivity contribution is 5.92. The zero-order valence-electron chi connectivity index (χ0n) is 13.1. The number of primary amides is 1. The minimum atomic E-state index is -0.434. The lowest BCUT2D eigenvalue weighted by molar-refractivity contribution is 0.1000. The maximum absolute atomic E-state index is 11.2. The second-order valence-corrected chi connectivity index (χ2v) is 6.44. The molecule has 2 aliphatic rings. The van der Waals surface area contributed by atoms with Crippen LogP contribution < -0.4 is 5.73 Å². The van der Waals surface area contributed by atoms with Gasteiger partial charge in [-0.05, 0) is 25.7 Å². The molecule has 2 aromatic rings. The van der Waals surface area contributed by atoms with Crippen LogP contribution in [0.1, 0.15) is 53.0 Å². The molecule has 1 atom stereocenters. The predicted octanol–water partition coefficient (Wildman–Crippen LogP) is 1.30. The topological polar surface area (TPSA) is 90.2 Å². The van der Waals surface area contributed by atoms with Gasteiger partial charge in [0.2, 0.25) is 5.89 Å². The third kappa shape index (κ3) is 2.88. The summed E-state index contributed by atoms with van der Waals surface area (Å²) in [4.78, 5) is 18.1. The van der Waals surface area contributed by atoms with E-state index in [1.165, 1.54) is 19.0 Å². The van der Waals surface area contributed by atoms with Gasteiger partial charge in [0, 0.05) is 25.7 Å². The molecule has 23 heavy (non-hydrogen) atoms. The first-order chi connectivity index (χ1) is 11.2. The SMILES string of the molecule is NC(=O)c1cnn(C2CCN(Cc3nc4c(o3)CCCC4)C2)c1. The van der Waals surface area contributed by atoms with Gasteiger partial charge in [0.25, 0.3) is 5.91 Å². The lowest BCUT2D eigenvalue weighted by atomic mass is 10.0. The van der Waals surface area contributed by atoms with Crippen LogP contribution >= 0.6 is 0 Å². The number of likely N-dealkylation sites (tertiary alicyclic amines) is 1. The van der Waals surface area contributed by atoms with Gasteiger partial charge in [-0.2, -0.15) is 5.10 Å². The number of aryl methyl sites for hydroxylation is 2. The Balaban J connectivity index is 1.40. The van der Waals surface area contributed by atoms with Crippen LogP contribution in [0, 0.1) is 0 Å². The maximum Gasteiger partial charge on any atom is 0.251 e. The average Bonchev–Trinajstić information content (AvgIpc) is 3.25. The van der Waals surface area contributed by atoms with E-state index in [1.54, 1.807) is 6.20 Å². The molecule has 2 N–H and O–H groups in total. The molecule has 1 amide bonds. The fourth-order valence-corrected chi connectivity index (χ4v) is 3.50. The zero-order valence-corrected chi connectivity index (χ0v) is 13.1. The van der Waals surface area contributed by atoms with Crippen LogP contribution in [0.25, 0.3) is 0 Å². The van der Waals surface area contributed by atoms with E-state index in [1.807, 2.05) is 4.68 Å². The zero-order chi connectivity index (χ0) is 15.8. The number of carbonyl (C=O) groups excluding carboxylic acids is 1. The molecule has 1 aliphatic heterocycles. The summed E-state index contributed by atoms with van der Waals surface area (Å²) in [6.45, 7) is 2.60. The van der Waals surface area contributed by atoms with Gasteiger partial charge < -0.3 is 10.2 Å². The van der Waals surface area contributed by atoms with Gasteiger partial charge in [-0.25, -0.2) is 4.98 Å². The monoisotopic (exact) mass is 315 g/mol. The van der Waals surface area contributed by atoms with Crippen LogP contribution in [0.2, 0.25) is 0 Å². The van der Waals surface area contributed by atoms with E-state index in [-0.39, 0.29) is 6.04 Å². The van der Waals surface area contributed by atoms with E-state index in [2.05, 4.69) is 15.0 Å². The minimum Gasteiger partial charge on any atom is -0.444 e. The van der Waals surface area contributed by atoms with Gasteiger partial charge in [-0.15, -0.1) is 0 Å². The second kappa shape index (κ2) is 5.81. The van der Waals surface area contributed by atoms with Crippen molar-refractivity contribution in [3.05, 3.63) is 35.3 Å². The van der Waals surface area contributed by atoms with Crippen molar-refractivity contribution in [1.29, 1.82) is 0 Å². The first-order valence-electron chi connectivity index (χ1n) is 8.23. The van der Waals surface area contributed by atoms with Crippen molar-refractivity contribution < 1.29 is 9.21 Å². The normalized spacial score (nSPS) is 21.5. The molecule has 0 spiro atoms. The molecule has 7 heteroatoms. The molecule has 122 valence electrons. The third-order valence-corrected chi connectivity index (χ3v) is 4.76. The largest absolute Gasteiger partial charge is 0.444 e. The molecule has 1 saturated heterocycles. The van der Waals surface area contributed by atoms with Gasteiger partial charge in [-0.3, -0.25) is 14.4 Å². The number of amides is 1. The summed E-state index contributed by atoms with van der Waals surface area (Å²) in [5.74, 6) is 1.48. The number of fused-ring (bicyclic) bond motifs is 1. The third-order valence-electron chi connectivity index (χ3n) is 4.76. The molecule has 1 unspecified atom stereocenters. The van der Waals surface area contributed by atoms with E-state index in [4.69, 9.17) is 10.2 Å². The Morgan fingerprint density at radius 2 is 2.26 bits per heavy atom. The molecule has 2 aromatic heterocycles. The smallest absolute Gasteiger partial charge is 0.251 e. The predicted molar refractivity (Wildman–Crippen MR) is 82.8 cm³/mol. The summed E-state index contributed by atoms with van der Waals surface area (Å²) in [6, 6.07) is 0.271. The van der Waals surface area contributed by atoms with Crippen molar-refractivity contribution in [2.24, 2.45) is 5.73 Å². The average molecular weight is 315 g/mol. The van der Waals surface area contributed by atoms with Gasteiger partial charge in [0.1, 0.15) is 5.76 Å². The lowest BCUT2D eigenvalue weighted by Crippen LogP contribution is -2.21. The summed E-state index contributed by atoms with van der Waals surface area (Å²) >= 11 is 0. The first-order valence-corrected chi connectivity index (χ1v) is 8.23.